The van der Waals surface area contributed by atoms with Crippen LogP contribution in [0.15, 0.2) is 6.20 Å². The van der Waals surface area contributed by atoms with Crippen LogP contribution >= 0.6 is 0 Å². The van der Waals surface area contributed by atoms with Gasteiger partial charge >= 0.3 is 0 Å². The van der Waals surface area contributed by atoms with Gasteiger partial charge in [0.1, 0.15) is 6.04 Å². The molecule has 3 N–H and O–H groups in total. The summed E-state index contributed by atoms with van der Waals surface area (Å²) in [6.45, 7) is 3.00. The molecule has 0 saturated carbocycles. The van der Waals surface area contributed by atoms with Crippen molar-refractivity contribution in [2.75, 3.05) is 20.3 Å². The molecule has 1 aromatic rings. The van der Waals surface area contributed by atoms with Gasteiger partial charge in [0, 0.05) is 32.0 Å². The summed E-state index contributed by atoms with van der Waals surface area (Å²) in [5, 5.41) is 7.12. The Hall–Kier alpha value is -1.40. The number of nitrogens with zero attached hydrogens (tertiary/aromatic N) is 2. The molecule has 1 atom stereocenters. The predicted molar refractivity (Wildman–Crippen MR) is 59.8 cm³/mol. The van der Waals surface area contributed by atoms with Crippen molar-refractivity contribution in [1.29, 1.82) is 0 Å². The summed E-state index contributed by atoms with van der Waals surface area (Å²) in [7, 11) is 3.43. The molecule has 1 heterocycles. The molecule has 0 aliphatic heterocycles. The van der Waals surface area contributed by atoms with Crippen LogP contribution in [0.5, 0.6) is 0 Å². The number of carbonyl (C=O) groups is 1. The van der Waals surface area contributed by atoms with Crippen LogP contribution in [0.3, 0.4) is 0 Å². The standard InChI is InChI=1S/C10H18N4O2/c1-7-8(6-13-14(7)2)9(10(11)15)12-4-5-16-3/h6,9,12H,4-5H2,1-3H3,(H2,11,15). The smallest absolute Gasteiger partial charge is 0.239 e. The summed E-state index contributed by atoms with van der Waals surface area (Å²) >= 11 is 0. The summed E-state index contributed by atoms with van der Waals surface area (Å²) in [4.78, 5) is 11.3. The number of hydrogen-bond acceptors (Lipinski definition) is 4. The Morgan fingerprint density at radius 2 is 2.44 bits per heavy atom. The number of aromatic nitrogens is 2. The highest BCUT2D eigenvalue weighted by atomic mass is 16.5. The van der Waals surface area contributed by atoms with Gasteiger partial charge in [-0.15, -0.1) is 0 Å². The highest BCUT2D eigenvalue weighted by Crippen LogP contribution is 2.15. The van der Waals surface area contributed by atoms with Crippen LogP contribution in [0, 0.1) is 6.92 Å². The lowest BCUT2D eigenvalue weighted by Gasteiger charge is -2.14. The molecule has 16 heavy (non-hydrogen) atoms. The molecule has 1 amide bonds. The predicted octanol–water partition coefficient (Wildman–Crippen LogP) is -0.509. The summed E-state index contributed by atoms with van der Waals surface area (Å²) < 4.78 is 6.62. The monoisotopic (exact) mass is 226 g/mol. The van der Waals surface area contributed by atoms with Gasteiger partial charge in [-0.1, -0.05) is 0 Å². The van der Waals surface area contributed by atoms with Crippen LogP contribution < -0.4 is 11.1 Å². The Morgan fingerprint density at radius 1 is 1.75 bits per heavy atom. The summed E-state index contributed by atoms with van der Waals surface area (Å²) in [5.74, 6) is -0.410. The van der Waals surface area contributed by atoms with E-state index in [0.29, 0.717) is 13.2 Å². The third kappa shape index (κ3) is 2.80. The zero-order valence-electron chi connectivity index (χ0n) is 9.86. The lowest BCUT2D eigenvalue weighted by Crippen LogP contribution is -2.35. The second kappa shape index (κ2) is 5.62. The van der Waals surface area contributed by atoms with Crippen molar-refractivity contribution in [2.24, 2.45) is 12.8 Å². The molecule has 1 aromatic heterocycles. The topological polar surface area (TPSA) is 82.2 Å². The minimum Gasteiger partial charge on any atom is -0.383 e. The first kappa shape index (κ1) is 12.7. The maximum Gasteiger partial charge on any atom is 0.239 e. The Bertz CT molecular complexity index is 362. The molecule has 0 aromatic carbocycles. The molecule has 0 bridgehead atoms. The Balaban J connectivity index is 2.77. The van der Waals surface area contributed by atoms with Gasteiger partial charge in [-0.25, -0.2) is 0 Å². The van der Waals surface area contributed by atoms with Crippen LogP contribution in [-0.2, 0) is 16.6 Å². The SMILES string of the molecule is COCCNC(C(N)=O)c1cnn(C)c1C. The highest BCUT2D eigenvalue weighted by molar-refractivity contribution is 5.81. The van der Waals surface area contributed by atoms with E-state index in [1.54, 1.807) is 18.0 Å². The molecule has 0 aliphatic carbocycles. The molecule has 6 heteroatoms. The van der Waals surface area contributed by atoms with E-state index >= 15 is 0 Å². The van der Waals surface area contributed by atoms with Gasteiger partial charge in [-0.05, 0) is 6.92 Å². The summed E-state index contributed by atoms with van der Waals surface area (Å²) in [6.07, 6.45) is 1.66. The molecule has 1 rings (SSSR count). The number of nitrogens with one attached hydrogen (secondary N) is 1. The lowest BCUT2D eigenvalue weighted by molar-refractivity contribution is -0.120. The molecule has 0 fully saturated rings. The molecule has 90 valence electrons. The number of carbonyl (C=O) groups excluding carboxylic acids is 1. The van der Waals surface area contributed by atoms with Crippen LogP contribution in [0.4, 0.5) is 0 Å². The van der Waals surface area contributed by atoms with Crippen molar-refractivity contribution in [3.05, 3.63) is 17.5 Å². The van der Waals surface area contributed by atoms with E-state index in [1.165, 1.54) is 0 Å². The van der Waals surface area contributed by atoms with Crippen molar-refractivity contribution in [3.8, 4) is 0 Å². The normalized spacial score (nSPS) is 12.7. The maximum atomic E-state index is 11.3. The van der Waals surface area contributed by atoms with E-state index in [2.05, 4.69) is 10.4 Å². The average molecular weight is 226 g/mol. The Morgan fingerprint density at radius 3 is 2.88 bits per heavy atom. The van der Waals surface area contributed by atoms with Crippen LogP contribution in [0.2, 0.25) is 0 Å². The largest absolute Gasteiger partial charge is 0.383 e. The number of primary amides is 1. The molecule has 0 saturated heterocycles. The number of methoxy groups -OCH3 is 1. The van der Waals surface area contributed by atoms with Gasteiger partial charge in [0.2, 0.25) is 5.91 Å². The summed E-state index contributed by atoms with van der Waals surface area (Å²) in [5.41, 5.74) is 7.09. The first-order chi connectivity index (χ1) is 7.57. The van der Waals surface area contributed by atoms with E-state index in [9.17, 15) is 4.79 Å². The van der Waals surface area contributed by atoms with E-state index in [4.69, 9.17) is 10.5 Å². The van der Waals surface area contributed by atoms with Gasteiger partial charge in [-0.3, -0.25) is 14.8 Å². The zero-order chi connectivity index (χ0) is 12.1. The quantitative estimate of drug-likeness (QED) is 0.640. The number of ether oxygens (including phenoxy) is 1. The van der Waals surface area contributed by atoms with Gasteiger partial charge in [0.15, 0.2) is 0 Å². The first-order valence-corrected chi connectivity index (χ1v) is 5.08. The van der Waals surface area contributed by atoms with E-state index in [-0.39, 0.29) is 0 Å². The minimum atomic E-state index is -0.510. The lowest BCUT2D eigenvalue weighted by atomic mass is 10.1. The fourth-order valence-electron chi connectivity index (χ4n) is 1.47. The summed E-state index contributed by atoms with van der Waals surface area (Å²) in [6, 6.07) is -0.510. The Labute approximate surface area is 94.8 Å². The zero-order valence-corrected chi connectivity index (χ0v) is 9.86. The van der Waals surface area contributed by atoms with Crippen molar-refractivity contribution in [1.82, 2.24) is 15.1 Å². The average Bonchev–Trinajstić information content (AvgIpc) is 2.55. The second-order valence-electron chi connectivity index (χ2n) is 3.59. The Kier molecular flexibility index (Phi) is 4.45. The van der Waals surface area contributed by atoms with Crippen LogP contribution in [0.25, 0.3) is 0 Å². The first-order valence-electron chi connectivity index (χ1n) is 5.08. The van der Waals surface area contributed by atoms with Crippen molar-refractivity contribution < 1.29 is 9.53 Å². The molecule has 0 radical (unpaired) electrons. The number of aryl methyl sites for hydroxylation is 1. The highest BCUT2D eigenvalue weighted by Gasteiger charge is 2.21. The third-order valence-corrected chi connectivity index (χ3v) is 2.52. The molecule has 6 nitrogen and oxygen atoms in total. The van der Waals surface area contributed by atoms with Gasteiger partial charge < -0.3 is 10.5 Å². The van der Waals surface area contributed by atoms with Gasteiger partial charge in [0.25, 0.3) is 0 Å². The number of nitrogens with two attached hydrogens (primary N) is 1. The van der Waals surface area contributed by atoms with E-state index in [1.807, 2.05) is 14.0 Å². The van der Waals surface area contributed by atoms with Gasteiger partial charge in [0.05, 0.1) is 12.8 Å². The minimum absolute atomic E-state index is 0.410. The molecule has 0 aliphatic rings. The van der Waals surface area contributed by atoms with E-state index in [0.717, 1.165) is 11.3 Å². The van der Waals surface area contributed by atoms with Gasteiger partial charge in [-0.2, -0.15) is 5.10 Å². The molecular formula is C10H18N4O2. The van der Waals surface area contributed by atoms with Crippen molar-refractivity contribution >= 4 is 5.91 Å². The molecule has 0 spiro atoms. The number of hydrogen-bond donors (Lipinski definition) is 2. The van der Waals surface area contributed by atoms with Crippen LogP contribution in [-0.4, -0.2) is 35.9 Å². The third-order valence-electron chi connectivity index (χ3n) is 2.52. The second-order valence-corrected chi connectivity index (χ2v) is 3.59. The number of amides is 1. The number of rotatable bonds is 6. The molecular weight excluding hydrogens is 208 g/mol. The van der Waals surface area contributed by atoms with Crippen molar-refractivity contribution in [3.63, 3.8) is 0 Å². The fraction of sp³-hybridized carbons (Fsp3) is 0.600. The van der Waals surface area contributed by atoms with Crippen molar-refractivity contribution in [2.45, 2.75) is 13.0 Å². The molecule has 1 unspecified atom stereocenters. The maximum absolute atomic E-state index is 11.3. The van der Waals surface area contributed by atoms with E-state index < -0.39 is 11.9 Å². The fourth-order valence-corrected chi connectivity index (χ4v) is 1.47. The van der Waals surface area contributed by atoms with Crippen LogP contribution in [0.1, 0.15) is 17.3 Å².